The van der Waals surface area contributed by atoms with Crippen molar-refractivity contribution in [1.82, 2.24) is 0 Å². The predicted octanol–water partition coefficient (Wildman–Crippen LogP) is 1.56. The van der Waals surface area contributed by atoms with E-state index in [1.54, 1.807) is 0 Å². The number of phenolic OH excluding ortho intramolecular Hbond substituents is 1. The molecular weight excluding hydrogens is 176 g/mol. The van der Waals surface area contributed by atoms with Crippen LogP contribution >= 0.6 is 0 Å². The summed E-state index contributed by atoms with van der Waals surface area (Å²) in [6.45, 7) is 0.457. The van der Waals surface area contributed by atoms with E-state index in [0.717, 1.165) is 12.1 Å². The molecule has 0 aliphatic heterocycles. The van der Waals surface area contributed by atoms with Gasteiger partial charge in [-0.2, -0.15) is 0 Å². The lowest BCUT2D eigenvalue weighted by atomic mass is 10.1. The van der Waals surface area contributed by atoms with Gasteiger partial charge in [-0.25, -0.2) is 8.78 Å². The maximum Gasteiger partial charge on any atom is 0.162 e. The van der Waals surface area contributed by atoms with Gasteiger partial charge < -0.3 is 10.8 Å². The number of hydrogen-bond donors (Lipinski definition) is 2. The minimum atomic E-state index is -1.03. The van der Waals surface area contributed by atoms with Gasteiger partial charge in [0.25, 0.3) is 0 Å². The first-order valence-corrected chi connectivity index (χ1v) is 4.02. The molecule has 0 saturated heterocycles. The molecule has 1 rings (SSSR count). The van der Waals surface area contributed by atoms with Gasteiger partial charge in [0.15, 0.2) is 11.6 Å². The van der Waals surface area contributed by atoms with Crippen LogP contribution < -0.4 is 5.73 Å². The van der Waals surface area contributed by atoms with Crippen LogP contribution in [-0.4, -0.2) is 11.7 Å². The number of benzene rings is 1. The molecule has 0 aliphatic carbocycles. The van der Waals surface area contributed by atoms with Crippen molar-refractivity contribution in [3.8, 4) is 5.75 Å². The van der Waals surface area contributed by atoms with Gasteiger partial charge in [-0.05, 0) is 31.0 Å². The van der Waals surface area contributed by atoms with Gasteiger partial charge in [0, 0.05) is 6.07 Å². The number of hydrogen-bond acceptors (Lipinski definition) is 2. The van der Waals surface area contributed by atoms with E-state index >= 15 is 0 Å². The van der Waals surface area contributed by atoms with Gasteiger partial charge in [0.2, 0.25) is 0 Å². The zero-order valence-corrected chi connectivity index (χ0v) is 7.06. The fraction of sp³-hybridized carbons (Fsp3) is 0.333. The Morgan fingerprint density at radius 3 is 2.46 bits per heavy atom. The minimum absolute atomic E-state index is 0.215. The highest BCUT2D eigenvalue weighted by Gasteiger charge is 2.07. The number of halogens is 2. The maximum absolute atomic E-state index is 12.7. The van der Waals surface area contributed by atoms with E-state index in [2.05, 4.69) is 0 Å². The second kappa shape index (κ2) is 4.18. The van der Waals surface area contributed by atoms with Crippen LogP contribution in [0.5, 0.6) is 5.75 Å². The van der Waals surface area contributed by atoms with Gasteiger partial charge in [0.05, 0.1) is 0 Å². The molecule has 0 saturated carbocycles. The fourth-order valence-corrected chi connectivity index (χ4v) is 1.07. The summed E-state index contributed by atoms with van der Waals surface area (Å²) in [5, 5.41) is 9.19. The molecule has 2 nitrogen and oxygen atoms in total. The summed E-state index contributed by atoms with van der Waals surface area (Å²) in [4.78, 5) is 0. The lowest BCUT2D eigenvalue weighted by Crippen LogP contribution is -2.01. The Kier molecular flexibility index (Phi) is 3.19. The first-order valence-electron chi connectivity index (χ1n) is 4.02. The van der Waals surface area contributed by atoms with Gasteiger partial charge in [-0.3, -0.25) is 0 Å². The summed E-state index contributed by atoms with van der Waals surface area (Å²) in [6, 6.07) is 1.78. The molecular formula is C9H11F2NO. The molecule has 0 unspecified atom stereocenters. The van der Waals surface area contributed by atoms with Crippen molar-refractivity contribution in [3.63, 3.8) is 0 Å². The molecule has 0 heterocycles. The SMILES string of the molecule is NCCCc1cc(F)c(F)cc1O. The average Bonchev–Trinajstić information content (AvgIpc) is 2.09. The second-order valence-electron chi connectivity index (χ2n) is 2.79. The van der Waals surface area contributed by atoms with E-state index in [4.69, 9.17) is 5.73 Å². The van der Waals surface area contributed by atoms with Crippen molar-refractivity contribution >= 4 is 0 Å². The van der Waals surface area contributed by atoms with Crippen LogP contribution in [0.2, 0.25) is 0 Å². The van der Waals surface area contributed by atoms with Crippen LogP contribution in [0.25, 0.3) is 0 Å². The Bertz CT molecular complexity index is 302. The molecule has 0 bridgehead atoms. The van der Waals surface area contributed by atoms with Crippen molar-refractivity contribution in [2.24, 2.45) is 5.73 Å². The topological polar surface area (TPSA) is 46.2 Å². The first-order chi connectivity index (χ1) is 6.15. The van der Waals surface area contributed by atoms with Gasteiger partial charge in [-0.1, -0.05) is 0 Å². The predicted molar refractivity (Wildman–Crippen MR) is 45.4 cm³/mol. The summed E-state index contributed by atoms with van der Waals surface area (Å²) < 4.78 is 25.2. The summed E-state index contributed by atoms with van der Waals surface area (Å²) in [5.41, 5.74) is 5.64. The smallest absolute Gasteiger partial charge is 0.162 e. The molecule has 3 N–H and O–H groups in total. The number of aromatic hydroxyl groups is 1. The van der Waals surface area contributed by atoms with Crippen LogP contribution in [0.1, 0.15) is 12.0 Å². The van der Waals surface area contributed by atoms with Gasteiger partial charge in [-0.15, -0.1) is 0 Å². The standard InChI is InChI=1S/C9H11F2NO/c10-7-4-6(2-1-3-12)9(13)5-8(7)11/h4-5,13H,1-3,12H2. The van der Waals surface area contributed by atoms with E-state index in [1.807, 2.05) is 0 Å². The third-order valence-corrected chi connectivity index (χ3v) is 1.77. The van der Waals surface area contributed by atoms with E-state index in [1.165, 1.54) is 0 Å². The second-order valence-corrected chi connectivity index (χ2v) is 2.79. The summed E-state index contributed by atoms with van der Waals surface area (Å²) in [6.07, 6.45) is 1.10. The first kappa shape index (κ1) is 9.92. The molecule has 0 atom stereocenters. The highest BCUT2D eigenvalue weighted by Crippen LogP contribution is 2.21. The van der Waals surface area contributed by atoms with Crippen LogP contribution in [0.15, 0.2) is 12.1 Å². The number of nitrogens with two attached hydrogens (primary N) is 1. The Balaban J connectivity index is 2.88. The van der Waals surface area contributed by atoms with Crippen molar-refractivity contribution in [3.05, 3.63) is 29.3 Å². The Hall–Kier alpha value is -1.16. The van der Waals surface area contributed by atoms with E-state index < -0.39 is 11.6 Å². The largest absolute Gasteiger partial charge is 0.508 e. The number of phenols is 1. The molecule has 0 amide bonds. The van der Waals surface area contributed by atoms with E-state index in [-0.39, 0.29) is 5.75 Å². The molecule has 0 aromatic heterocycles. The van der Waals surface area contributed by atoms with Crippen molar-refractivity contribution in [1.29, 1.82) is 0 Å². The van der Waals surface area contributed by atoms with Crippen molar-refractivity contribution in [2.75, 3.05) is 6.54 Å². The molecule has 0 fully saturated rings. The summed E-state index contributed by atoms with van der Waals surface area (Å²) >= 11 is 0. The zero-order valence-electron chi connectivity index (χ0n) is 7.06. The molecule has 13 heavy (non-hydrogen) atoms. The van der Waals surface area contributed by atoms with Crippen LogP contribution in [0, 0.1) is 11.6 Å². The molecule has 0 aliphatic rings. The highest BCUT2D eigenvalue weighted by molar-refractivity contribution is 5.33. The van der Waals surface area contributed by atoms with Crippen molar-refractivity contribution < 1.29 is 13.9 Å². The molecule has 0 radical (unpaired) electrons. The minimum Gasteiger partial charge on any atom is -0.508 e. The van der Waals surface area contributed by atoms with Gasteiger partial charge >= 0.3 is 0 Å². The normalized spacial score (nSPS) is 10.4. The van der Waals surface area contributed by atoms with E-state index in [9.17, 15) is 13.9 Å². The zero-order chi connectivity index (χ0) is 9.84. The quantitative estimate of drug-likeness (QED) is 0.754. The molecule has 0 spiro atoms. The monoisotopic (exact) mass is 187 g/mol. The molecule has 1 aromatic carbocycles. The Labute approximate surface area is 75.0 Å². The Morgan fingerprint density at radius 2 is 1.85 bits per heavy atom. The van der Waals surface area contributed by atoms with E-state index in [0.29, 0.717) is 24.9 Å². The summed E-state index contributed by atoms with van der Waals surface area (Å²) in [5.74, 6) is -2.19. The van der Waals surface area contributed by atoms with Gasteiger partial charge in [0.1, 0.15) is 5.75 Å². The molecule has 4 heteroatoms. The third-order valence-electron chi connectivity index (χ3n) is 1.77. The maximum atomic E-state index is 12.7. The van der Waals surface area contributed by atoms with Crippen LogP contribution in [0.3, 0.4) is 0 Å². The number of rotatable bonds is 3. The average molecular weight is 187 g/mol. The lowest BCUT2D eigenvalue weighted by Gasteiger charge is -2.03. The Morgan fingerprint density at radius 1 is 1.23 bits per heavy atom. The van der Waals surface area contributed by atoms with Crippen LogP contribution in [0.4, 0.5) is 8.78 Å². The lowest BCUT2D eigenvalue weighted by molar-refractivity contribution is 0.446. The van der Waals surface area contributed by atoms with Crippen LogP contribution in [-0.2, 0) is 6.42 Å². The molecule has 72 valence electrons. The third kappa shape index (κ3) is 2.39. The van der Waals surface area contributed by atoms with Crippen molar-refractivity contribution in [2.45, 2.75) is 12.8 Å². The highest BCUT2D eigenvalue weighted by atomic mass is 19.2. The molecule has 1 aromatic rings. The summed E-state index contributed by atoms with van der Waals surface area (Å²) in [7, 11) is 0. The number of aryl methyl sites for hydroxylation is 1. The fourth-order valence-electron chi connectivity index (χ4n) is 1.07.